The van der Waals surface area contributed by atoms with Gasteiger partial charge in [0, 0.05) is 24.1 Å². The molecule has 1 heterocycles. The highest BCUT2D eigenvalue weighted by molar-refractivity contribution is 7.09. The minimum Gasteiger partial charge on any atom is -0.461 e. The first-order chi connectivity index (χ1) is 8.52. The van der Waals surface area contributed by atoms with Crippen LogP contribution >= 0.6 is 11.3 Å². The SMILES string of the molecule is CCOC(=O)c1csc(C2CCCC(F)(F)C2)n1. The average Bonchev–Trinajstić information content (AvgIpc) is 2.77. The number of ether oxygens (including phenoxy) is 1. The first kappa shape index (κ1) is 13.4. The summed E-state index contributed by atoms with van der Waals surface area (Å²) in [4.78, 5) is 15.6. The second-order valence-electron chi connectivity index (χ2n) is 4.44. The number of halogens is 2. The number of esters is 1. The highest BCUT2D eigenvalue weighted by atomic mass is 32.1. The summed E-state index contributed by atoms with van der Waals surface area (Å²) in [5, 5.41) is 2.21. The van der Waals surface area contributed by atoms with Crippen LogP contribution in [0.2, 0.25) is 0 Å². The van der Waals surface area contributed by atoms with Gasteiger partial charge in [-0.1, -0.05) is 0 Å². The average molecular weight is 275 g/mol. The quantitative estimate of drug-likeness (QED) is 0.791. The first-order valence-electron chi connectivity index (χ1n) is 6.02. The molecule has 0 saturated heterocycles. The van der Waals surface area contributed by atoms with Crippen LogP contribution in [0.3, 0.4) is 0 Å². The van der Waals surface area contributed by atoms with Gasteiger partial charge in [0.2, 0.25) is 5.92 Å². The van der Waals surface area contributed by atoms with Crippen LogP contribution in [-0.2, 0) is 4.74 Å². The van der Waals surface area contributed by atoms with E-state index >= 15 is 0 Å². The molecule has 0 aliphatic heterocycles. The maximum atomic E-state index is 13.3. The van der Waals surface area contributed by atoms with Crippen molar-refractivity contribution < 1.29 is 18.3 Å². The topological polar surface area (TPSA) is 39.2 Å². The van der Waals surface area contributed by atoms with Crippen molar-refractivity contribution in [2.75, 3.05) is 6.61 Å². The van der Waals surface area contributed by atoms with Crippen LogP contribution in [0, 0.1) is 0 Å². The van der Waals surface area contributed by atoms with E-state index in [2.05, 4.69) is 4.98 Å². The third kappa shape index (κ3) is 3.04. The van der Waals surface area contributed by atoms with Crippen molar-refractivity contribution >= 4 is 17.3 Å². The zero-order valence-corrected chi connectivity index (χ0v) is 10.9. The van der Waals surface area contributed by atoms with Gasteiger partial charge in [0.05, 0.1) is 11.6 Å². The van der Waals surface area contributed by atoms with Gasteiger partial charge in [-0.2, -0.15) is 0 Å². The molecule has 100 valence electrons. The van der Waals surface area contributed by atoms with Gasteiger partial charge in [0.1, 0.15) is 0 Å². The van der Waals surface area contributed by atoms with Gasteiger partial charge in [-0.3, -0.25) is 0 Å². The van der Waals surface area contributed by atoms with E-state index in [4.69, 9.17) is 4.74 Å². The van der Waals surface area contributed by atoms with E-state index in [0.29, 0.717) is 17.8 Å². The summed E-state index contributed by atoms with van der Waals surface area (Å²) in [6.07, 6.45) is 1.01. The molecule has 0 bridgehead atoms. The third-order valence-corrected chi connectivity index (χ3v) is 4.00. The Hall–Kier alpha value is -1.04. The van der Waals surface area contributed by atoms with Crippen LogP contribution in [0.1, 0.15) is 54.0 Å². The smallest absolute Gasteiger partial charge is 0.357 e. The Morgan fingerprint density at radius 2 is 2.44 bits per heavy atom. The van der Waals surface area contributed by atoms with Crippen LogP contribution in [0.5, 0.6) is 0 Å². The van der Waals surface area contributed by atoms with E-state index in [1.54, 1.807) is 12.3 Å². The van der Waals surface area contributed by atoms with Crippen LogP contribution < -0.4 is 0 Å². The molecule has 1 unspecified atom stereocenters. The van der Waals surface area contributed by atoms with Crippen molar-refractivity contribution in [1.29, 1.82) is 0 Å². The minimum atomic E-state index is -2.60. The van der Waals surface area contributed by atoms with Gasteiger partial charge in [0.25, 0.3) is 0 Å². The van der Waals surface area contributed by atoms with E-state index in [1.165, 1.54) is 11.3 Å². The number of carbonyl (C=O) groups excluding carboxylic acids is 1. The fraction of sp³-hybridized carbons (Fsp3) is 0.667. The Labute approximate surface area is 108 Å². The molecule has 1 saturated carbocycles. The Kier molecular flexibility index (Phi) is 3.94. The second-order valence-corrected chi connectivity index (χ2v) is 5.33. The summed E-state index contributed by atoms with van der Waals surface area (Å²) >= 11 is 1.27. The standard InChI is InChI=1S/C12H15F2NO2S/c1-2-17-11(16)9-7-18-10(15-9)8-4-3-5-12(13,14)6-8/h7-8H,2-6H2,1H3. The summed E-state index contributed by atoms with van der Waals surface area (Å²) < 4.78 is 31.4. The van der Waals surface area contributed by atoms with Crippen molar-refractivity contribution in [3.05, 3.63) is 16.1 Å². The molecule has 1 aromatic rings. The van der Waals surface area contributed by atoms with Gasteiger partial charge >= 0.3 is 5.97 Å². The van der Waals surface area contributed by atoms with E-state index < -0.39 is 11.9 Å². The molecule has 1 aliphatic carbocycles. The molecule has 0 amide bonds. The van der Waals surface area contributed by atoms with Gasteiger partial charge in [0.15, 0.2) is 5.69 Å². The lowest BCUT2D eigenvalue weighted by atomic mass is 9.87. The van der Waals surface area contributed by atoms with E-state index in [9.17, 15) is 13.6 Å². The highest BCUT2D eigenvalue weighted by Crippen LogP contribution is 2.42. The maximum Gasteiger partial charge on any atom is 0.357 e. The molecule has 1 aromatic heterocycles. The van der Waals surface area contributed by atoms with Gasteiger partial charge < -0.3 is 4.74 Å². The van der Waals surface area contributed by atoms with Crippen LogP contribution in [-0.4, -0.2) is 23.5 Å². The van der Waals surface area contributed by atoms with Crippen molar-refractivity contribution in [3.8, 4) is 0 Å². The van der Waals surface area contributed by atoms with Gasteiger partial charge in [-0.15, -0.1) is 11.3 Å². The number of hydrogen-bond acceptors (Lipinski definition) is 4. The monoisotopic (exact) mass is 275 g/mol. The summed E-state index contributed by atoms with van der Waals surface area (Å²) in [5.74, 6) is -3.32. The fourth-order valence-electron chi connectivity index (χ4n) is 2.16. The molecule has 0 N–H and O–H groups in total. The summed E-state index contributed by atoms with van der Waals surface area (Å²) in [7, 11) is 0. The van der Waals surface area contributed by atoms with Crippen LogP contribution in [0.4, 0.5) is 8.78 Å². The number of aromatic nitrogens is 1. The molecular formula is C12H15F2NO2S. The highest BCUT2D eigenvalue weighted by Gasteiger charge is 2.38. The molecular weight excluding hydrogens is 260 g/mol. The molecule has 18 heavy (non-hydrogen) atoms. The third-order valence-electron chi connectivity index (χ3n) is 3.00. The fourth-order valence-corrected chi connectivity index (χ4v) is 3.08. The molecule has 1 atom stereocenters. The molecule has 1 aliphatic rings. The number of carbonyl (C=O) groups is 1. The van der Waals surface area contributed by atoms with Crippen molar-refractivity contribution in [3.63, 3.8) is 0 Å². The van der Waals surface area contributed by atoms with Crippen molar-refractivity contribution in [1.82, 2.24) is 4.98 Å². The number of hydrogen-bond donors (Lipinski definition) is 0. The van der Waals surface area contributed by atoms with Gasteiger partial charge in [-0.05, 0) is 19.8 Å². The molecule has 1 fully saturated rings. The summed E-state index contributed by atoms with van der Waals surface area (Å²) in [6, 6.07) is 0. The summed E-state index contributed by atoms with van der Waals surface area (Å²) in [5.41, 5.74) is 0.228. The van der Waals surface area contributed by atoms with E-state index in [-0.39, 0.29) is 31.1 Å². The first-order valence-corrected chi connectivity index (χ1v) is 6.90. The van der Waals surface area contributed by atoms with Crippen LogP contribution in [0.15, 0.2) is 5.38 Å². The largest absolute Gasteiger partial charge is 0.461 e. The molecule has 2 rings (SSSR count). The molecule has 6 heteroatoms. The predicted octanol–water partition coefficient (Wildman–Crippen LogP) is 3.61. The lowest BCUT2D eigenvalue weighted by Gasteiger charge is -2.27. The van der Waals surface area contributed by atoms with E-state index in [0.717, 1.165) is 0 Å². The normalized spacial score (nSPS) is 22.7. The molecule has 0 spiro atoms. The number of nitrogens with zero attached hydrogens (tertiary/aromatic N) is 1. The minimum absolute atomic E-state index is 0.0421. The predicted molar refractivity (Wildman–Crippen MR) is 64.2 cm³/mol. The zero-order chi connectivity index (χ0) is 13.2. The Balaban J connectivity index is 2.08. The maximum absolute atomic E-state index is 13.3. The zero-order valence-electron chi connectivity index (χ0n) is 10.1. The Morgan fingerprint density at radius 1 is 1.67 bits per heavy atom. The number of alkyl halides is 2. The number of thiazole rings is 1. The Bertz CT molecular complexity index is 433. The van der Waals surface area contributed by atoms with E-state index in [1.807, 2.05) is 0 Å². The van der Waals surface area contributed by atoms with Gasteiger partial charge in [-0.25, -0.2) is 18.6 Å². The molecule has 0 aromatic carbocycles. The van der Waals surface area contributed by atoms with Crippen LogP contribution in [0.25, 0.3) is 0 Å². The lowest BCUT2D eigenvalue weighted by Crippen LogP contribution is -2.24. The van der Waals surface area contributed by atoms with Crippen molar-refractivity contribution in [2.45, 2.75) is 44.4 Å². The van der Waals surface area contributed by atoms with Crippen molar-refractivity contribution in [2.24, 2.45) is 0 Å². The number of rotatable bonds is 3. The second kappa shape index (κ2) is 5.30. The summed E-state index contributed by atoms with van der Waals surface area (Å²) in [6.45, 7) is 2.00. The Morgan fingerprint density at radius 3 is 3.11 bits per heavy atom. The molecule has 3 nitrogen and oxygen atoms in total. The molecule has 0 radical (unpaired) electrons. The lowest BCUT2D eigenvalue weighted by molar-refractivity contribution is -0.0408.